The lowest BCUT2D eigenvalue weighted by atomic mass is 9.85. The number of fused-ring (bicyclic) bond motifs is 2. The van der Waals surface area contributed by atoms with Gasteiger partial charge < -0.3 is 5.11 Å². The highest BCUT2D eigenvalue weighted by molar-refractivity contribution is 8.00. The van der Waals surface area contributed by atoms with Crippen molar-refractivity contribution < 1.29 is 5.11 Å². The highest BCUT2D eigenvalue weighted by Crippen LogP contribution is 2.50. The molecule has 0 aromatic rings. The molecule has 2 rings (SSSR count). The van der Waals surface area contributed by atoms with Crippen LogP contribution in [0.3, 0.4) is 0 Å². The van der Waals surface area contributed by atoms with E-state index in [0.717, 1.165) is 29.9 Å². The van der Waals surface area contributed by atoms with Gasteiger partial charge in [-0.3, -0.25) is 0 Å². The highest BCUT2D eigenvalue weighted by Gasteiger charge is 2.39. The first kappa shape index (κ1) is 12.8. The van der Waals surface area contributed by atoms with Crippen molar-refractivity contribution in [2.75, 3.05) is 5.75 Å². The molecule has 94 valence electrons. The van der Waals surface area contributed by atoms with Gasteiger partial charge in [0.2, 0.25) is 0 Å². The summed E-state index contributed by atoms with van der Waals surface area (Å²) in [5.74, 6) is 3.73. The number of aliphatic hydroxyl groups is 1. The Hall–Kier alpha value is 0.310. The number of aliphatic hydroxyl groups excluding tert-OH is 1. The monoisotopic (exact) mass is 242 g/mol. The summed E-state index contributed by atoms with van der Waals surface area (Å²) in [5.41, 5.74) is 0. The molecule has 0 saturated heterocycles. The molecule has 0 aliphatic heterocycles. The van der Waals surface area contributed by atoms with Gasteiger partial charge in [-0.15, -0.1) is 0 Å². The van der Waals surface area contributed by atoms with Crippen molar-refractivity contribution in [2.45, 2.75) is 63.7 Å². The standard InChI is InChI=1S/C14H26OS/c1-14(2,3)16-9-13(15)8-12-7-10-4-5-11(12)6-10/h10-13,15H,4-9H2,1-3H3. The molecule has 0 spiro atoms. The topological polar surface area (TPSA) is 20.2 Å². The van der Waals surface area contributed by atoms with Crippen LogP contribution in [0.15, 0.2) is 0 Å². The first-order valence-electron chi connectivity index (χ1n) is 6.76. The second-order valence-corrected chi connectivity index (χ2v) is 8.59. The van der Waals surface area contributed by atoms with E-state index in [1.165, 1.54) is 25.7 Å². The number of rotatable bonds is 4. The van der Waals surface area contributed by atoms with E-state index >= 15 is 0 Å². The molecule has 0 radical (unpaired) electrons. The van der Waals surface area contributed by atoms with Crippen LogP contribution in [0, 0.1) is 17.8 Å². The molecule has 2 heteroatoms. The van der Waals surface area contributed by atoms with Crippen LogP contribution in [-0.2, 0) is 0 Å². The third-order valence-corrected chi connectivity index (χ3v) is 5.59. The average molecular weight is 242 g/mol. The third kappa shape index (κ3) is 3.40. The van der Waals surface area contributed by atoms with E-state index in [9.17, 15) is 5.11 Å². The van der Waals surface area contributed by atoms with Gasteiger partial charge in [-0.1, -0.05) is 27.2 Å². The predicted molar refractivity (Wildman–Crippen MR) is 71.8 cm³/mol. The van der Waals surface area contributed by atoms with Crippen molar-refractivity contribution in [3.05, 3.63) is 0 Å². The molecular weight excluding hydrogens is 216 g/mol. The van der Waals surface area contributed by atoms with Crippen molar-refractivity contribution in [1.82, 2.24) is 0 Å². The van der Waals surface area contributed by atoms with Crippen LogP contribution in [0.1, 0.15) is 52.9 Å². The number of hydrogen-bond acceptors (Lipinski definition) is 2. The summed E-state index contributed by atoms with van der Waals surface area (Å²) in [6.45, 7) is 6.67. The van der Waals surface area contributed by atoms with E-state index < -0.39 is 0 Å². The Labute approximate surface area is 104 Å². The first-order chi connectivity index (χ1) is 7.44. The van der Waals surface area contributed by atoms with E-state index in [1.807, 2.05) is 11.8 Å². The minimum absolute atomic E-state index is 0.0754. The zero-order valence-electron chi connectivity index (χ0n) is 10.9. The molecule has 2 saturated carbocycles. The molecule has 4 atom stereocenters. The van der Waals surface area contributed by atoms with Gasteiger partial charge in [-0.05, 0) is 43.4 Å². The van der Waals surface area contributed by atoms with Crippen LogP contribution in [0.25, 0.3) is 0 Å². The molecule has 0 heterocycles. The van der Waals surface area contributed by atoms with Crippen LogP contribution in [0.4, 0.5) is 0 Å². The van der Waals surface area contributed by atoms with Crippen LogP contribution in [0.5, 0.6) is 0 Å². The Morgan fingerprint density at radius 1 is 1.25 bits per heavy atom. The van der Waals surface area contributed by atoms with Crippen molar-refractivity contribution >= 4 is 11.8 Å². The maximum Gasteiger partial charge on any atom is 0.0633 e. The zero-order valence-corrected chi connectivity index (χ0v) is 11.7. The number of thioether (sulfide) groups is 1. The average Bonchev–Trinajstić information content (AvgIpc) is 2.75. The summed E-state index contributed by atoms with van der Waals surface area (Å²) in [7, 11) is 0. The predicted octanol–water partition coefficient (Wildman–Crippen LogP) is 3.71. The van der Waals surface area contributed by atoms with E-state index in [4.69, 9.17) is 0 Å². The Morgan fingerprint density at radius 3 is 2.50 bits per heavy atom. The van der Waals surface area contributed by atoms with Gasteiger partial charge in [-0.2, -0.15) is 11.8 Å². The summed E-state index contributed by atoms with van der Waals surface area (Å²) in [4.78, 5) is 0. The summed E-state index contributed by atoms with van der Waals surface area (Å²) in [6, 6.07) is 0. The van der Waals surface area contributed by atoms with Gasteiger partial charge >= 0.3 is 0 Å². The second kappa shape index (κ2) is 4.89. The molecule has 1 N–H and O–H groups in total. The molecule has 0 aromatic heterocycles. The van der Waals surface area contributed by atoms with Gasteiger partial charge in [0.05, 0.1) is 6.10 Å². The second-order valence-electron chi connectivity index (χ2n) is 6.75. The van der Waals surface area contributed by atoms with Gasteiger partial charge in [0.15, 0.2) is 0 Å². The van der Waals surface area contributed by atoms with Crippen molar-refractivity contribution in [3.8, 4) is 0 Å². The van der Waals surface area contributed by atoms with Gasteiger partial charge in [0.25, 0.3) is 0 Å². The summed E-state index contributed by atoms with van der Waals surface area (Å²) in [6.07, 6.45) is 6.76. The largest absolute Gasteiger partial charge is 0.392 e. The molecule has 0 amide bonds. The van der Waals surface area contributed by atoms with E-state index in [0.29, 0.717) is 0 Å². The Kier molecular flexibility index (Phi) is 3.90. The third-order valence-electron chi connectivity index (χ3n) is 4.17. The molecule has 2 aliphatic carbocycles. The van der Waals surface area contributed by atoms with E-state index in [2.05, 4.69) is 20.8 Å². The Balaban J connectivity index is 1.69. The Morgan fingerprint density at radius 2 is 2.00 bits per heavy atom. The lowest BCUT2D eigenvalue weighted by molar-refractivity contribution is 0.144. The lowest BCUT2D eigenvalue weighted by Crippen LogP contribution is -2.22. The molecule has 1 nitrogen and oxygen atoms in total. The van der Waals surface area contributed by atoms with Crippen molar-refractivity contribution in [3.63, 3.8) is 0 Å². The maximum absolute atomic E-state index is 10.1. The van der Waals surface area contributed by atoms with Gasteiger partial charge in [0, 0.05) is 10.5 Å². The molecule has 2 bridgehead atoms. The normalized spacial score (nSPS) is 35.6. The molecule has 4 unspecified atom stereocenters. The minimum atomic E-state index is -0.0754. The smallest absolute Gasteiger partial charge is 0.0633 e. The van der Waals surface area contributed by atoms with Crippen molar-refractivity contribution in [1.29, 1.82) is 0 Å². The number of hydrogen-bond donors (Lipinski definition) is 1. The SMILES string of the molecule is CC(C)(C)SCC(O)CC1CC2CCC1C2. The fourth-order valence-electron chi connectivity index (χ4n) is 3.43. The van der Waals surface area contributed by atoms with Crippen LogP contribution in [0.2, 0.25) is 0 Å². The quantitative estimate of drug-likeness (QED) is 0.811. The van der Waals surface area contributed by atoms with Gasteiger partial charge in [0.1, 0.15) is 0 Å². The van der Waals surface area contributed by atoms with Gasteiger partial charge in [-0.25, -0.2) is 0 Å². The van der Waals surface area contributed by atoms with E-state index in [-0.39, 0.29) is 10.9 Å². The summed E-state index contributed by atoms with van der Waals surface area (Å²) < 4.78 is 0.287. The molecule has 2 aliphatic rings. The van der Waals surface area contributed by atoms with Crippen LogP contribution in [-0.4, -0.2) is 21.7 Å². The van der Waals surface area contributed by atoms with Crippen LogP contribution < -0.4 is 0 Å². The highest BCUT2D eigenvalue weighted by atomic mass is 32.2. The summed E-state index contributed by atoms with van der Waals surface area (Å²) in [5, 5.41) is 10.1. The lowest BCUT2D eigenvalue weighted by Gasteiger charge is -2.26. The fraction of sp³-hybridized carbons (Fsp3) is 1.00. The minimum Gasteiger partial charge on any atom is -0.392 e. The van der Waals surface area contributed by atoms with Crippen molar-refractivity contribution in [2.24, 2.45) is 17.8 Å². The maximum atomic E-state index is 10.1. The van der Waals surface area contributed by atoms with E-state index in [1.54, 1.807) is 0 Å². The molecule has 2 fully saturated rings. The van der Waals surface area contributed by atoms with Crippen LogP contribution >= 0.6 is 11.8 Å². The molecular formula is C14H26OS. The first-order valence-corrected chi connectivity index (χ1v) is 7.74. The summed E-state index contributed by atoms with van der Waals surface area (Å²) >= 11 is 1.90. The molecule has 16 heavy (non-hydrogen) atoms. The molecule has 0 aromatic carbocycles. The zero-order chi connectivity index (χ0) is 11.8. The fourth-order valence-corrected chi connectivity index (χ4v) is 4.26. The Bertz CT molecular complexity index is 233.